The maximum absolute atomic E-state index is 11.9. The highest BCUT2D eigenvalue weighted by atomic mass is 16.5. The van der Waals surface area contributed by atoms with Crippen molar-refractivity contribution in [3.05, 3.63) is 0 Å². The van der Waals surface area contributed by atoms with Crippen molar-refractivity contribution in [3.8, 4) is 0 Å². The fourth-order valence-corrected chi connectivity index (χ4v) is 1.96. The minimum Gasteiger partial charge on any atom is -0.465 e. The van der Waals surface area contributed by atoms with Gasteiger partial charge in [-0.05, 0) is 67.8 Å². The summed E-state index contributed by atoms with van der Waals surface area (Å²) in [6.07, 6.45) is 2.92. The van der Waals surface area contributed by atoms with Crippen molar-refractivity contribution in [3.63, 3.8) is 0 Å². The number of hydrogen-bond acceptors (Lipinski definition) is 5. The van der Waals surface area contributed by atoms with Gasteiger partial charge in [-0.3, -0.25) is 4.79 Å². The fourth-order valence-electron chi connectivity index (χ4n) is 1.96. The van der Waals surface area contributed by atoms with Crippen LogP contribution in [0.4, 0.5) is 0 Å². The molecule has 5 nitrogen and oxygen atoms in total. The van der Waals surface area contributed by atoms with E-state index >= 15 is 0 Å². The topological polar surface area (TPSA) is 44.8 Å². The minimum absolute atomic E-state index is 0.150. The molecule has 0 aliphatic carbocycles. The summed E-state index contributed by atoms with van der Waals surface area (Å²) in [6.45, 7) is 7.41. The van der Waals surface area contributed by atoms with Gasteiger partial charge in [-0.25, -0.2) is 0 Å². The molecule has 0 aromatic rings. The molecule has 20 heavy (non-hydrogen) atoms. The van der Waals surface area contributed by atoms with Gasteiger partial charge >= 0.3 is 5.97 Å². The second kappa shape index (κ2) is 10.1. The number of esters is 1. The Morgan fingerprint density at radius 1 is 1.15 bits per heavy atom. The van der Waals surface area contributed by atoms with Crippen LogP contribution in [0.25, 0.3) is 0 Å². The van der Waals surface area contributed by atoms with Crippen molar-refractivity contribution in [1.82, 2.24) is 15.1 Å². The molecular formula is C15H33N3O2. The van der Waals surface area contributed by atoms with Gasteiger partial charge in [-0.2, -0.15) is 0 Å². The lowest BCUT2D eigenvalue weighted by Crippen LogP contribution is -2.48. The molecule has 0 heterocycles. The van der Waals surface area contributed by atoms with Crippen LogP contribution < -0.4 is 5.32 Å². The number of carbonyl (C=O) groups is 1. The quantitative estimate of drug-likeness (QED) is 0.457. The Bertz CT molecular complexity index is 272. The third-order valence-electron chi connectivity index (χ3n) is 3.67. The van der Waals surface area contributed by atoms with Gasteiger partial charge in [-0.15, -0.1) is 0 Å². The highest BCUT2D eigenvalue weighted by Gasteiger charge is 2.32. The van der Waals surface area contributed by atoms with Crippen molar-refractivity contribution in [1.29, 1.82) is 0 Å². The van der Waals surface area contributed by atoms with E-state index in [9.17, 15) is 4.79 Å². The van der Waals surface area contributed by atoms with E-state index in [1.165, 1.54) is 0 Å². The SMILES string of the molecule is CCOC(=O)C(C)(CCCCN(C)CCN(C)C)NC. The summed E-state index contributed by atoms with van der Waals surface area (Å²) in [5.41, 5.74) is -0.557. The highest BCUT2D eigenvalue weighted by Crippen LogP contribution is 2.15. The van der Waals surface area contributed by atoms with Gasteiger partial charge in [0.15, 0.2) is 0 Å². The number of unbranched alkanes of at least 4 members (excludes halogenated alkanes) is 1. The molecule has 0 radical (unpaired) electrons. The summed E-state index contributed by atoms with van der Waals surface area (Å²) in [5.74, 6) is -0.150. The molecular weight excluding hydrogens is 254 g/mol. The zero-order valence-corrected chi connectivity index (χ0v) is 14.2. The van der Waals surface area contributed by atoms with E-state index in [4.69, 9.17) is 4.74 Å². The molecule has 0 aromatic heterocycles. The van der Waals surface area contributed by atoms with E-state index in [0.717, 1.165) is 38.9 Å². The van der Waals surface area contributed by atoms with E-state index < -0.39 is 5.54 Å². The van der Waals surface area contributed by atoms with Crippen molar-refractivity contribution < 1.29 is 9.53 Å². The van der Waals surface area contributed by atoms with E-state index in [0.29, 0.717) is 6.61 Å². The molecule has 0 saturated carbocycles. The highest BCUT2D eigenvalue weighted by molar-refractivity contribution is 5.80. The molecule has 0 aliphatic rings. The third kappa shape index (κ3) is 7.82. The first-order valence-electron chi connectivity index (χ1n) is 7.55. The van der Waals surface area contributed by atoms with Crippen LogP contribution in [0.2, 0.25) is 0 Å². The second-order valence-corrected chi connectivity index (χ2v) is 5.87. The Labute approximate surface area is 124 Å². The van der Waals surface area contributed by atoms with Gasteiger partial charge in [0.25, 0.3) is 0 Å². The average molecular weight is 287 g/mol. The van der Waals surface area contributed by atoms with Crippen LogP contribution in [0, 0.1) is 0 Å². The van der Waals surface area contributed by atoms with Crippen molar-refractivity contribution in [2.24, 2.45) is 0 Å². The van der Waals surface area contributed by atoms with Crippen molar-refractivity contribution in [2.45, 2.75) is 38.6 Å². The van der Waals surface area contributed by atoms with E-state index in [-0.39, 0.29) is 5.97 Å². The van der Waals surface area contributed by atoms with Gasteiger partial charge in [-0.1, -0.05) is 0 Å². The maximum Gasteiger partial charge on any atom is 0.326 e. The Hall–Kier alpha value is -0.650. The lowest BCUT2D eigenvalue weighted by molar-refractivity contribution is -0.150. The first-order valence-corrected chi connectivity index (χ1v) is 7.55. The van der Waals surface area contributed by atoms with E-state index in [2.05, 4.69) is 36.3 Å². The fraction of sp³-hybridized carbons (Fsp3) is 0.933. The normalized spacial score (nSPS) is 14.6. The van der Waals surface area contributed by atoms with Crippen LogP contribution in [0.15, 0.2) is 0 Å². The molecule has 0 rings (SSSR count). The third-order valence-corrected chi connectivity index (χ3v) is 3.67. The van der Waals surface area contributed by atoms with Crippen molar-refractivity contribution >= 4 is 5.97 Å². The van der Waals surface area contributed by atoms with E-state index in [1.54, 1.807) is 0 Å². The molecule has 0 spiro atoms. The van der Waals surface area contributed by atoms with Crippen LogP contribution in [0.5, 0.6) is 0 Å². The number of likely N-dealkylation sites (N-methyl/N-ethyl adjacent to an activating group) is 3. The molecule has 0 aliphatic heterocycles. The Kier molecular flexibility index (Phi) is 9.80. The number of ether oxygens (including phenoxy) is 1. The zero-order chi connectivity index (χ0) is 15.6. The first kappa shape index (κ1) is 19.4. The van der Waals surface area contributed by atoms with Crippen LogP contribution in [0.1, 0.15) is 33.1 Å². The van der Waals surface area contributed by atoms with Gasteiger partial charge in [0.05, 0.1) is 6.61 Å². The summed E-state index contributed by atoms with van der Waals surface area (Å²) in [7, 11) is 8.14. The number of nitrogens with one attached hydrogen (secondary N) is 1. The maximum atomic E-state index is 11.9. The molecule has 5 heteroatoms. The summed E-state index contributed by atoms with van der Waals surface area (Å²) < 4.78 is 5.12. The number of nitrogens with zero attached hydrogens (tertiary/aromatic N) is 2. The lowest BCUT2D eigenvalue weighted by atomic mass is 9.95. The zero-order valence-electron chi connectivity index (χ0n) is 14.2. The molecule has 0 bridgehead atoms. The van der Waals surface area contributed by atoms with Crippen LogP contribution in [-0.2, 0) is 9.53 Å². The first-order chi connectivity index (χ1) is 9.35. The largest absolute Gasteiger partial charge is 0.465 e. The number of rotatable bonds is 11. The predicted octanol–water partition coefficient (Wildman–Crippen LogP) is 1.19. The van der Waals surface area contributed by atoms with Gasteiger partial charge in [0.2, 0.25) is 0 Å². The molecule has 0 amide bonds. The summed E-state index contributed by atoms with van der Waals surface area (Å²) in [5, 5.41) is 3.10. The Morgan fingerprint density at radius 2 is 1.80 bits per heavy atom. The van der Waals surface area contributed by atoms with Gasteiger partial charge in [0, 0.05) is 13.1 Å². The lowest BCUT2D eigenvalue weighted by Gasteiger charge is -2.27. The van der Waals surface area contributed by atoms with Crippen LogP contribution in [-0.4, -0.2) is 75.7 Å². The van der Waals surface area contributed by atoms with Crippen LogP contribution in [0.3, 0.4) is 0 Å². The van der Waals surface area contributed by atoms with Crippen molar-refractivity contribution in [2.75, 3.05) is 54.4 Å². The van der Waals surface area contributed by atoms with Crippen LogP contribution >= 0.6 is 0 Å². The van der Waals surface area contributed by atoms with Gasteiger partial charge < -0.3 is 19.9 Å². The Morgan fingerprint density at radius 3 is 2.30 bits per heavy atom. The number of hydrogen-bond donors (Lipinski definition) is 1. The number of carbonyl (C=O) groups excluding carboxylic acids is 1. The molecule has 1 atom stereocenters. The second-order valence-electron chi connectivity index (χ2n) is 5.87. The smallest absolute Gasteiger partial charge is 0.326 e. The predicted molar refractivity (Wildman–Crippen MR) is 84.0 cm³/mol. The summed E-state index contributed by atoms with van der Waals surface area (Å²) in [4.78, 5) is 16.4. The standard InChI is InChI=1S/C15H33N3O2/c1-7-20-14(19)15(2,16-3)10-8-9-11-18(6)13-12-17(4)5/h16H,7-13H2,1-6H3. The average Bonchev–Trinajstić information content (AvgIpc) is 2.41. The molecule has 0 aromatic carbocycles. The molecule has 1 unspecified atom stereocenters. The molecule has 1 N–H and O–H groups in total. The molecule has 0 saturated heterocycles. The minimum atomic E-state index is -0.557. The summed E-state index contributed by atoms with van der Waals surface area (Å²) in [6, 6.07) is 0. The summed E-state index contributed by atoms with van der Waals surface area (Å²) >= 11 is 0. The molecule has 120 valence electrons. The van der Waals surface area contributed by atoms with Gasteiger partial charge in [0.1, 0.15) is 5.54 Å². The molecule has 0 fully saturated rings. The Balaban J connectivity index is 3.93. The van der Waals surface area contributed by atoms with E-state index in [1.807, 2.05) is 20.9 Å². The monoisotopic (exact) mass is 287 g/mol.